The van der Waals surface area contributed by atoms with Gasteiger partial charge < -0.3 is 15.4 Å². The summed E-state index contributed by atoms with van der Waals surface area (Å²) in [6, 6.07) is 9.88. The molecule has 2 aromatic carbocycles. The van der Waals surface area contributed by atoms with Crippen LogP contribution in [0.25, 0.3) is 0 Å². The molecule has 1 heterocycles. The molecule has 3 rings (SSSR count). The second-order valence-electron chi connectivity index (χ2n) is 7.95. The monoisotopic (exact) mass is 464 g/mol. The number of carbonyl (C=O) groups is 2. The fraction of sp³-hybridized carbons (Fsp3) is 0.364. The average molecular weight is 465 g/mol. The Morgan fingerprint density at radius 1 is 1.23 bits per heavy atom. The Morgan fingerprint density at radius 3 is 2.55 bits per heavy atom. The Morgan fingerprint density at radius 2 is 1.90 bits per heavy atom. The van der Waals surface area contributed by atoms with Crippen molar-refractivity contribution in [3.63, 3.8) is 0 Å². The Kier molecular flexibility index (Phi) is 7.16. The van der Waals surface area contributed by atoms with Gasteiger partial charge in [-0.05, 0) is 41.8 Å². The van der Waals surface area contributed by atoms with Crippen LogP contribution in [-0.2, 0) is 25.9 Å². The summed E-state index contributed by atoms with van der Waals surface area (Å²) in [6.45, 7) is 4.34. The molecule has 166 valence electrons. The Bertz CT molecular complexity index is 1080. The highest BCUT2D eigenvalue weighted by Gasteiger charge is 2.36. The van der Waals surface area contributed by atoms with Gasteiger partial charge in [0.1, 0.15) is 6.61 Å². The summed E-state index contributed by atoms with van der Waals surface area (Å²) in [5, 5.41) is 0.542. The van der Waals surface area contributed by atoms with E-state index in [2.05, 4.69) is 0 Å². The highest BCUT2D eigenvalue weighted by molar-refractivity contribution is 7.91. The number of carbonyl (C=O) groups excluding carboxylic acids is 2. The third-order valence-corrected chi connectivity index (χ3v) is 6.89. The highest BCUT2D eigenvalue weighted by atomic mass is 35.5. The molecule has 1 aliphatic heterocycles. The number of Topliss-reactive ketones (excluding diaryl/α,β-unsaturated/α-hetero) is 1. The van der Waals surface area contributed by atoms with Crippen molar-refractivity contribution in [3.8, 4) is 0 Å². The maximum absolute atomic E-state index is 13.0. The second kappa shape index (κ2) is 9.48. The molecule has 1 amide bonds. The Hall–Kier alpha value is -2.26. The first-order valence-corrected chi connectivity index (χ1v) is 11.9. The van der Waals surface area contributed by atoms with Crippen LogP contribution in [0.1, 0.15) is 29.8 Å². The summed E-state index contributed by atoms with van der Waals surface area (Å²) in [7, 11) is -3.81. The van der Waals surface area contributed by atoms with Gasteiger partial charge in [-0.25, -0.2) is 8.42 Å². The number of hydrogen-bond acceptors (Lipinski definition) is 6. The van der Waals surface area contributed by atoms with Gasteiger partial charge in [0.05, 0.1) is 28.9 Å². The van der Waals surface area contributed by atoms with Crippen molar-refractivity contribution in [2.45, 2.75) is 31.3 Å². The predicted octanol–water partition coefficient (Wildman–Crippen LogP) is 2.84. The number of hydrogen-bond donors (Lipinski definition) is 1. The van der Waals surface area contributed by atoms with Crippen molar-refractivity contribution in [2.75, 3.05) is 23.9 Å². The van der Waals surface area contributed by atoms with Gasteiger partial charge in [0.25, 0.3) is 0 Å². The number of sulfone groups is 1. The summed E-state index contributed by atoms with van der Waals surface area (Å²) in [4.78, 5) is 26.9. The number of ketones is 1. The van der Waals surface area contributed by atoms with Crippen LogP contribution in [0.4, 0.5) is 5.69 Å². The lowest BCUT2D eigenvalue weighted by Gasteiger charge is -2.24. The maximum atomic E-state index is 13.0. The molecule has 0 fully saturated rings. The van der Waals surface area contributed by atoms with E-state index in [1.54, 1.807) is 24.3 Å². The van der Waals surface area contributed by atoms with Crippen LogP contribution >= 0.6 is 11.6 Å². The third-order valence-electron chi connectivity index (χ3n) is 4.83. The zero-order valence-electron chi connectivity index (χ0n) is 17.4. The van der Waals surface area contributed by atoms with E-state index >= 15 is 0 Å². The van der Waals surface area contributed by atoms with Crippen LogP contribution in [0.5, 0.6) is 0 Å². The fourth-order valence-corrected chi connectivity index (χ4v) is 4.97. The molecular weight excluding hydrogens is 440 g/mol. The van der Waals surface area contributed by atoms with Crippen molar-refractivity contribution in [2.24, 2.45) is 11.7 Å². The van der Waals surface area contributed by atoms with Crippen LogP contribution in [0, 0.1) is 5.92 Å². The van der Waals surface area contributed by atoms with E-state index in [-0.39, 0.29) is 41.0 Å². The van der Waals surface area contributed by atoms with E-state index in [1.165, 1.54) is 23.1 Å². The molecule has 0 aromatic heterocycles. The molecule has 31 heavy (non-hydrogen) atoms. The van der Waals surface area contributed by atoms with Crippen molar-refractivity contribution >= 4 is 38.8 Å². The lowest BCUT2D eigenvalue weighted by molar-refractivity contribution is -0.119. The van der Waals surface area contributed by atoms with E-state index in [1.807, 2.05) is 13.8 Å². The lowest BCUT2D eigenvalue weighted by Crippen LogP contribution is -2.45. The SMILES string of the molecule is CC(C)COCC(=O)c1ccc2c(c1)N(Cc1ccc(Cl)cc1)C(=O)[C@@H](N)CS2(=O)=O. The first-order valence-electron chi connectivity index (χ1n) is 9.87. The van der Waals surface area contributed by atoms with Gasteiger partial charge in [-0.2, -0.15) is 0 Å². The lowest BCUT2D eigenvalue weighted by atomic mass is 10.1. The summed E-state index contributed by atoms with van der Waals surface area (Å²) < 4.78 is 31.1. The van der Waals surface area contributed by atoms with Crippen molar-refractivity contribution in [1.29, 1.82) is 0 Å². The normalized spacial score (nSPS) is 18.0. The Balaban J connectivity index is 2.01. The van der Waals surface area contributed by atoms with Crippen LogP contribution < -0.4 is 10.6 Å². The molecule has 2 aromatic rings. The van der Waals surface area contributed by atoms with Crippen LogP contribution in [-0.4, -0.2) is 45.1 Å². The molecule has 0 aliphatic carbocycles. The maximum Gasteiger partial charge on any atom is 0.245 e. The minimum absolute atomic E-state index is 0.0255. The first-order chi connectivity index (χ1) is 14.6. The molecule has 0 unspecified atom stereocenters. The molecule has 0 spiro atoms. The number of ether oxygens (including phenoxy) is 1. The molecule has 0 radical (unpaired) electrons. The quantitative estimate of drug-likeness (QED) is 0.631. The fourth-order valence-electron chi connectivity index (χ4n) is 3.29. The van der Waals surface area contributed by atoms with Crippen molar-refractivity contribution in [1.82, 2.24) is 0 Å². The van der Waals surface area contributed by atoms with Gasteiger partial charge in [-0.1, -0.05) is 37.6 Å². The van der Waals surface area contributed by atoms with Gasteiger partial charge in [-0.15, -0.1) is 0 Å². The molecule has 0 saturated heterocycles. The number of nitrogens with two attached hydrogens (primary N) is 1. The number of nitrogens with zero attached hydrogens (tertiary/aromatic N) is 1. The van der Waals surface area contributed by atoms with E-state index in [0.29, 0.717) is 11.6 Å². The molecule has 0 bridgehead atoms. The minimum Gasteiger partial charge on any atom is -0.373 e. The average Bonchev–Trinajstić information content (AvgIpc) is 2.77. The largest absolute Gasteiger partial charge is 0.373 e. The van der Waals surface area contributed by atoms with Gasteiger partial charge in [-0.3, -0.25) is 9.59 Å². The van der Waals surface area contributed by atoms with Gasteiger partial charge >= 0.3 is 0 Å². The number of halogens is 1. The standard InChI is InChI=1S/C22H25ClN2O5S/c1-14(2)11-30-12-20(26)16-5-8-21-19(9-16)25(10-15-3-6-17(23)7-4-15)22(27)18(24)13-31(21,28)29/h3-9,14,18H,10-13,24H2,1-2H3/t18-/m0/s1. The molecule has 0 saturated carbocycles. The predicted molar refractivity (Wildman–Crippen MR) is 119 cm³/mol. The summed E-state index contributed by atoms with van der Waals surface area (Å²) >= 11 is 5.94. The van der Waals surface area contributed by atoms with Crippen LogP contribution in [0.15, 0.2) is 47.4 Å². The van der Waals surface area contributed by atoms with E-state index in [4.69, 9.17) is 22.1 Å². The second-order valence-corrected chi connectivity index (χ2v) is 10.4. The summed E-state index contributed by atoms with van der Waals surface area (Å²) in [5.74, 6) is -1.05. The number of fused-ring (bicyclic) bond motifs is 1. The summed E-state index contributed by atoms with van der Waals surface area (Å²) in [6.07, 6.45) is 0. The first kappa shape index (κ1) is 23.4. The molecule has 1 aliphatic rings. The molecule has 2 N–H and O–H groups in total. The third kappa shape index (κ3) is 5.51. The number of benzene rings is 2. The number of rotatable bonds is 7. The zero-order chi connectivity index (χ0) is 22.8. The molecule has 7 nitrogen and oxygen atoms in total. The van der Waals surface area contributed by atoms with E-state index in [0.717, 1.165) is 5.56 Å². The van der Waals surface area contributed by atoms with Crippen molar-refractivity contribution < 1.29 is 22.7 Å². The smallest absolute Gasteiger partial charge is 0.245 e. The number of amides is 1. The summed E-state index contributed by atoms with van der Waals surface area (Å²) in [5.41, 5.74) is 7.06. The number of anilines is 1. The van der Waals surface area contributed by atoms with Gasteiger partial charge in [0.15, 0.2) is 15.6 Å². The molecule has 9 heteroatoms. The highest BCUT2D eigenvalue weighted by Crippen LogP contribution is 2.32. The van der Waals surface area contributed by atoms with E-state index < -0.39 is 27.5 Å². The van der Waals surface area contributed by atoms with Crippen LogP contribution in [0.3, 0.4) is 0 Å². The van der Waals surface area contributed by atoms with Crippen LogP contribution in [0.2, 0.25) is 5.02 Å². The van der Waals surface area contributed by atoms with Crippen molar-refractivity contribution in [3.05, 3.63) is 58.6 Å². The van der Waals surface area contributed by atoms with Gasteiger partial charge in [0, 0.05) is 17.2 Å². The minimum atomic E-state index is -3.81. The molecular formula is C22H25ClN2O5S. The van der Waals surface area contributed by atoms with Gasteiger partial charge in [0.2, 0.25) is 5.91 Å². The Labute approximate surface area is 187 Å². The molecule has 1 atom stereocenters. The zero-order valence-corrected chi connectivity index (χ0v) is 18.9. The van der Waals surface area contributed by atoms with E-state index in [9.17, 15) is 18.0 Å². The topological polar surface area (TPSA) is 107 Å².